The molecule has 1 saturated carbocycles. The number of fused-ring (bicyclic) bond motifs is 1. The maximum Gasteiger partial charge on any atom is 0.00966 e. The van der Waals surface area contributed by atoms with Crippen LogP contribution in [0.3, 0.4) is 0 Å². The molecule has 0 bridgehead atoms. The minimum absolute atomic E-state index is 0.759. The molecule has 2 atom stereocenters. The third-order valence-corrected chi connectivity index (χ3v) is 4.34. The molecule has 0 N–H and O–H groups in total. The molecular weight excluding hydrogens is 172 g/mol. The van der Waals surface area contributed by atoms with Gasteiger partial charge in [0.2, 0.25) is 0 Å². The molecule has 2 nitrogen and oxygen atoms in total. The first-order valence-corrected chi connectivity index (χ1v) is 6.22. The summed E-state index contributed by atoms with van der Waals surface area (Å²) < 4.78 is 0. The van der Waals surface area contributed by atoms with Gasteiger partial charge in [-0.2, -0.15) is 0 Å². The van der Waals surface area contributed by atoms with Crippen LogP contribution in [0.15, 0.2) is 0 Å². The van der Waals surface area contributed by atoms with E-state index in [-0.39, 0.29) is 0 Å². The molecule has 0 radical (unpaired) electrons. The summed E-state index contributed by atoms with van der Waals surface area (Å²) in [5.41, 5.74) is 0. The Kier molecular flexibility index (Phi) is 2.10. The van der Waals surface area contributed by atoms with Crippen molar-refractivity contribution >= 4 is 0 Å². The molecule has 2 unspecified atom stereocenters. The van der Waals surface area contributed by atoms with Crippen LogP contribution in [0.25, 0.3) is 0 Å². The fraction of sp³-hybridized carbons (Fsp3) is 1.00. The Labute approximate surface area is 87.3 Å². The highest BCUT2D eigenvalue weighted by molar-refractivity contribution is 4.98. The maximum atomic E-state index is 2.76. The lowest BCUT2D eigenvalue weighted by Crippen LogP contribution is -2.33. The standard InChI is InChI=1S/C12H22N2/c1-9(2)13-5-10-7-14(12-3-4-12)8-11(10)6-13/h9-12H,3-8H2,1-2H3. The predicted molar refractivity (Wildman–Crippen MR) is 58.3 cm³/mol. The van der Waals surface area contributed by atoms with E-state index in [9.17, 15) is 0 Å². The van der Waals surface area contributed by atoms with E-state index in [1.807, 2.05) is 0 Å². The van der Waals surface area contributed by atoms with E-state index >= 15 is 0 Å². The molecular formula is C12H22N2. The van der Waals surface area contributed by atoms with Gasteiger partial charge in [-0.3, -0.25) is 4.90 Å². The Morgan fingerprint density at radius 3 is 1.93 bits per heavy atom. The second kappa shape index (κ2) is 3.21. The quantitative estimate of drug-likeness (QED) is 0.656. The SMILES string of the molecule is CC(C)N1CC2CN(C3CC3)CC2C1. The summed E-state index contributed by atoms with van der Waals surface area (Å²) in [6, 6.07) is 1.75. The highest BCUT2D eigenvalue weighted by Gasteiger charge is 2.44. The summed E-state index contributed by atoms with van der Waals surface area (Å²) in [7, 11) is 0. The van der Waals surface area contributed by atoms with Gasteiger partial charge in [-0.25, -0.2) is 0 Å². The molecule has 80 valence electrons. The van der Waals surface area contributed by atoms with Crippen LogP contribution in [0.4, 0.5) is 0 Å². The largest absolute Gasteiger partial charge is 0.300 e. The second-order valence-electron chi connectivity index (χ2n) is 5.75. The predicted octanol–water partition coefficient (Wildman–Crippen LogP) is 1.42. The highest BCUT2D eigenvalue weighted by Crippen LogP contribution is 2.38. The molecule has 3 aliphatic rings. The first-order valence-electron chi connectivity index (χ1n) is 6.22. The zero-order valence-electron chi connectivity index (χ0n) is 9.45. The van der Waals surface area contributed by atoms with Crippen LogP contribution >= 0.6 is 0 Å². The molecule has 0 amide bonds. The lowest BCUT2D eigenvalue weighted by molar-refractivity contribution is 0.219. The monoisotopic (exact) mass is 194 g/mol. The fourth-order valence-electron chi connectivity index (χ4n) is 3.23. The molecule has 1 aliphatic carbocycles. The number of hydrogen-bond donors (Lipinski definition) is 0. The number of rotatable bonds is 2. The van der Waals surface area contributed by atoms with Gasteiger partial charge in [-0.05, 0) is 38.5 Å². The Bertz CT molecular complexity index is 194. The van der Waals surface area contributed by atoms with Crippen molar-refractivity contribution < 1.29 is 0 Å². The third kappa shape index (κ3) is 1.49. The molecule has 14 heavy (non-hydrogen) atoms. The molecule has 0 aromatic carbocycles. The lowest BCUT2D eigenvalue weighted by atomic mass is 10.0. The Morgan fingerprint density at radius 1 is 0.929 bits per heavy atom. The van der Waals surface area contributed by atoms with E-state index in [1.165, 1.54) is 39.0 Å². The van der Waals surface area contributed by atoms with Crippen molar-refractivity contribution in [2.24, 2.45) is 11.8 Å². The lowest BCUT2D eigenvalue weighted by Gasteiger charge is -2.23. The molecule has 0 aromatic heterocycles. The summed E-state index contributed by atoms with van der Waals surface area (Å²) in [6.45, 7) is 10.2. The van der Waals surface area contributed by atoms with Crippen molar-refractivity contribution in [3.05, 3.63) is 0 Å². The Morgan fingerprint density at radius 2 is 1.50 bits per heavy atom. The first kappa shape index (κ1) is 9.17. The van der Waals surface area contributed by atoms with Crippen LogP contribution in [0.2, 0.25) is 0 Å². The number of nitrogens with zero attached hydrogens (tertiary/aromatic N) is 2. The summed E-state index contributed by atoms with van der Waals surface area (Å²) in [6.07, 6.45) is 2.96. The van der Waals surface area contributed by atoms with Gasteiger partial charge in [-0.1, -0.05) is 0 Å². The molecule has 0 spiro atoms. The van der Waals surface area contributed by atoms with Gasteiger partial charge in [-0.15, -0.1) is 0 Å². The fourth-order valence-corrected chi connectivity index (χ4v) is 3.23. The van der Waals surface area contributed by atoms with E-state index in [4.69, 9.17) is 0 Å². The average molecular weight is 194 g/mol. The topological polar surface area (TPSA) is 6.48 Å². The maximum absolute atomic E-state index is 2.76. The smallest absolute Gasteiger partial charge is 0.00966 e. The van der Waals surface area contributed by atoms with Crippen LogP contribution < -0.4 is 0 Å². The van der Waals surface area contributed by atoms with Crippen LogP contribution in [0.1, 0.15) is 26.7 Å². The van der Waals surface area contributed by atoms with Gasteiger partial charge >= 0.3 is 0 Å². The highest BCUT2D eigenvalue weighted by atomic mass is 15.3. The van der Waals surface area contributed by atoms with E-state index in [0.29, 0.717) is 0 Å². The molecule has 2 heterocycles. The zero-order chi connectivity index (χ0) is 9.71. The third-order valence-electron chi connectivity index (χ3n) is 4.34. The summed E-state index contributed by atoms with van der Waals surface area (Å²) in [5.74, 6) is 2.00. The van der Waals surface area contributed by atoms with Crippen molar-refractivity contribution in [1.29, 1.82) is 0 Å². The molecule has 2 aliphatic heterocycles. The minimum Gasteiger partial charge on any atom is -0.300 e. The molecule has 3 fully saturated rings. The molecule has 2 saturated heterocycles. The van der Waals surface area contributed by atoms with E-state index in [1.54, 1.807) is 0 Å². The van der Waals surface area contributed by atoms with E-state index in [0.717, 1.165) is 23.9 Å². The summed E-state index contributed by atoms with van der Waals surface area (Å²) >= 11 is 0. The normalized spacial score (nSPS) is 39.6. The van der Waals surface area contributed by atoms with Crippen LogP contribution in [0, 0.1) is 11.8 Å². The van der Waals surface area contributed by atoms with Crippen molar-refractivity contribution in [3.8, 4) is 0 Å². The van der Waals surface area contributed by atoms with Gasteiger partial charge in [0.05, 0.1) is 0 Å². The van der Waals surface area contributed by atoms with Crippen molar-refractivity contribution in [3.63, 3.8) is 0 Å². The van der Waals surface area contributed by atoms with Gasteiger partial charge in [0.15, 0.2) is 0 Å². The molecule has 0 aromatic rings. The van der Waals surface area contributed by atoms with Crippen molar-refractivity contribution in [2.75, 3.05) is 26.2 Å². The van der Waals surface area contributed by atoms with Gasteiger partial charge in [0.25, 0.3) is 0 Å². The van der Waals surface area contributed by atoms with Crippen LogP contribution in [0.5, 0.6) is 0 Å². The Hall–Kier alpha value is -0.0800. The second-order valence-corrected chi connectivity index (χ2v) is 5.75. The zero-order valence-corrected chi connectivity index (χ0v) is 9.45. The van der Waals surface area contributed by atoms with Crippen molar-refractivity contribution in [1.82, 2.24) is 9.80 Å². The average Bonchev–Trinajstić information content (AvgIpc) is 2.76. The van der Waals surface area contributed by atoms with E-state index in [2.05, 4.69) is 23.6 Å². The number of hydrogen-bond acceptors (Lipinski definition) is 2. The van der Waals surface area contributed by atoms with Crippen LogP contribution in [-0.2, 0) is 0 Å². The van der Waals surface area contributed by atoms with Gasteiger partial charge in [0.1, 0.15) is 0 Å². The van der Waals surface area contributed by atoms with Gasteiger partial charge < -0.3 is 4.90 Å². The summed E-state index contributed by atoms with van der Waals surface area (Å²) in [4.78, 5) is 5.42. The van der Waals surface area contributed by atoms with E-state index < -0.39 is 0 Å². The van der Waals surface area contributed by atoms with Gasteiger partial charge in [0, 0.05) is 38.3 Å². The minimum atomic E-state index is 0.759. The Balaban J connectivity index is 1.59. The van der Waals surface area contributed by atoms with Crippen LogP contribution in [-0.4, -0.2) is 48.1 Å². The molecule has 2 heteroatoms. The molecule has 3 rings (SSSR count). The number of likely N-dealkylation sites (tertiary alicyclic amines) is 2. The van der Waals surface area contributed by atoms with Crippen molar-refractivity contribution in [2.45, 2.75) is 38.8 Å². The summed E-state index contributed by atoms with van der Waals surface area (Å²) in [5, 5.41) is 0. The first-order chi connectivity index (χ1) is 6.74.